The Kier molecular flexibility index (Phi) is 5.05. The molecule has 3 nitrogen and oxygen atoms in total. The summed E-state index contributed by atoms with van der Waals surface area (Å²) < 4.78 is 0. The van der Waals surface area contributed by atoms with E-state index in [0.717, 1.165) is 5.03 Å². The van der Waals surface area contributed by atoms with E-state index in [4.69, 9.17) is 17.3 Å². The fourth-order valence-electron chi connectivity index (χ4n) is 1.38. The Labute approximate surface area is 105 Å². The Bertz CT molecular complexity index is 329. The summed E-state index contributed by atoms with van der Waals surface area (Å²) in [6.45, 7) is 4.07. The summed E-state index contributed by atoms with van der Waals surface area (Å²) in [5.41, 5.74) is 4.67. The lowest BCUT2D eigenvalue weighted by molar-refractivity contribution is 0.0608. The lowest BCUT2D eigenvalue weighted by Crippen LogP contribution is -2.36. The van der Waals surface area contributed by atoms with Crippen LogP contribution in [0.4, 0.5) is 0 Å². The zero-order chi connectivity index (χ0) is 12.2. The van der Waals surface area contributed by atoms with Gasteiger partial charge < -0.3 is 10.8 Å². The van der Waals surface area contributed by atoms with Crippen LogP contribution in [0.3, 0.4) is 0 Å². The van der Waals surface area contributed by atoms with Crippen LogP contribution in [-0.2, 0) is 0 Å². The normalized spacial score (nSPS) is 16.8. The largest absolute Gasteiger partial charge is 0.389 e. The summed E-state index contributed by atoms with van der Waals surface area (Å²) in [5, 5.41) is 11.6. The minimum atomic E-state index is -0.807. The highest BCUT2D eigenvalue weighted by molar-refractivity contribution is 7.99. The first-order valence-electron chi connectivity index (χ1n) is 5.13. The number of hydrogen-bond acceptors (Lipinski definition) is 4. The molecule has 0 aliphatic rings. The predicted octanol–water partition coefficient (Wildman–Crippen LogP) is 2.32. The summed E-state index contributed by atoms with van der Waals surface area (Å²) >= 11 is 7.36. The topological polar surface area (TPSA) is 59.1 Å². The smallest absolute Gasteiger partial charge is 0.0963 e. The molecule has 1 heterocycles. The van der Waals surface area contributed by atoms with Gasteiger partial charge in [-0.25, -0.2) is 4.98 Å². The second kappa shape index (κ2) is 5.87. The number of halogens is 1. The van der Waals surface area contributed by atoms with Gasteiger partial charge in [0.15, 0.2) is 0 Å². The van der Waals surface area contributed by atoms with Gasteiger partial charge in [-0.2, -0.15) is 0 Å². The maximum Gasteiger partial charge on any atom is 0.0963 e. The van der Waals surface area contributed by atoms with Crippen molar-refractivity contribution in [2.75, 3.05) is 6.54 Å². The molecule has 1 aromatic rings. The van der Waals surface area contributed by atoms with Gasteiger partial charge in [0.2, 0.25) is 0 Å². The Morgan fingerprint density at radius 3 is 2.81 bits per heavy atom. The molecule has 0 amide bonds. The molecule has 1 aromatic heterocycles. The van der Waals surface area contributed by atoms with Crippen LogP contribution in [0.1, 0.15) is 20.3 Å². The number of rotatable bonds is 5. The minimum absolute atomic E-state index is 0.257. The molecule has 0 saturated heterocycles. The average Bonchev–Trinajstić information content (AvgIpc) is 2.21. The molecule has 0 aliphatic heterocycles. The third-order valence-electron chi connectivity index (χ3n) is 2.19. The molecule has 1 rings (SSSR count). The van der Waals surface area contributed by atoms with E-state index in [1.807, 2.05) is 19.1 Å². The van der Waals surface area contributed by atoms with Crippen molar-refractivity contribution in [3.8, 4) is 0 Å². The molecule has 2 atom stereocenters. The van der Waals surface area contributed by atoms with Gasteiger partial charge in [0.1, 0.15) is 0 Å². The van der Waals surface area contributed by atoms with Crippen LogP contribution in [0.15, 0.2) is 23.4 Å². The van der Waals surface area contributed by atoms with Gasteiger partial charge in [0.05, 0.1) is 15.6 Å². The van der Waals surface area contributed by atoms with Crippen molar-refractivity contribution in [1.82, 2.24) is 4.98 Å². The molecule has 90 valence electrons. The number of aromatic nitrogens is 1. The fourth-order valence-corrected chi connectivity index (χ4v) is 2.61. The number of nitrogens with zero attached hydrogens (tertiary/aromatic N) is 1. The van der Waals surface area contributed by atoms with Crippen LogP contribution >= 0.6 is 23.4 Å². The molecule has 0 aliphatic carbocycles. The first kappa shape index (κ1) is 13.8. The summed E-state index contributed by atoms with van der Waals surface area (Å²) in [5.74, 6) is 0. The Hall–Kier alpha value is -0.290. The van der Waals surface area contributed by atoms with E-state index in [2.05, 4.69) is 4.98 Å². The molecule has 0 spiro atoms. The molecule has 5 heteroatoms. The Morgan fingerprint density at radius 2 is 2.31 bits per heavy atom. The van der Waals surface area contributed by atoms with Gasteiger partial charge in [-0.3, -0.25) is 0 Å². The number of pyridine rings is 1. The van der Waals surface area contributed by atoms with Crippen LogP contribution in [0, 0.1) is 0 Å². The van der Waals surface area contributed by atoms with Crippen LogP contribution in [-0.4, -0.2) is 27.5 Å². The zero-order valence-corrected chi connectivity index (χ0v) is 11.1. The second-order valence-electron chi connectivity index (χ2n) is 4.15. The van der Waals surface area contributed by atoms with E-state index in [1.165, 1.54) is 0 Å². The molecule has 16 heavy (non-hydrogen) atoms. The average molecular weight is 261 g/mol. The van der Waals surface area contributed by atoms with Crippen molar-refractivity contribution in [1.29, 1.82) is 0 Å². The third-order valence-corrected chi connectivity index (χ3v) is 3.46. The molecule has 3 N–H and O–H groups in total. The molecule has 0 aromatic carbocycles. The first-order valence-corrected chi connectivity index (χ1v) is 6.39. The molecular formula is C11H17ClN2OS. The van der Waals surface area contributed by atoms with Crippen molar-refractivity contribution in [2.45, 2.75) is 36.1 Å². The van der Waals surface area contributed by atoms with Crippen molar-refractivity contribution < 1.29 is 5.11 Å². The molecule has 0 radical (unpaired) electrons. The van der Waals surface area contributed by atoms with Crippen LogP contribution < -0.4 is 5.73 Å². The SMILES string of the molecule is CC(CC(C)(O)CN)Sc1ccc(Cl)cn1. The lowest BCUT2D eigenvalue weighted by Gasteiger charge is -2.24. The van der Waals surface area contributed by atoms with Gasteiger partial charge in [0, 0.05) is 18.0 Å². The molecule has 0 saturated carbocycles. The summed E-state index contributed by atoms with van der Waals surface area (Å²) in [6, 6.07) is 3.69. The van der Waals surface area contributed by atoms with Crippen LogP contribution in [0.25, 0.3) is 0 Å². The summed E-state index contributed by atoms with van der Waals surface area (Å²) in [7, 11) is 0. The van der Waals surface area contributed by atoms with Crippen molar-refractivity contribution in [3.63, 3.8) is 0 Å². The maximum atomic E-state index is 9.84. The highest BCUT2D eigenvalue weighted by Gasteiger charge is 2.22. The highest BCUT2D eigenvalue weighted by atomic mass is 35.5. The number of hydrogen-bond donors (Lipinski definition) is 2. The van der Waals surface area contributed by atoms with Crippen molar-refractivity contribution >= 4 is 23.4 Å². The molecular weight excluding hydrogens is 244 g/mol. The van der Waals surface area contributed by atoms with Crippen molar-refractivity contribution in [2.24, 2.45) is 5.73 Å². The van der Waals surface area contributed by atoms with E-state index in [9.17, 15) is 5.11 Å². The number of thioether (sulfide) groups is 1. The maximum absolute atomic E-state index is 9.84. The highest BCUT2D eigenvalue weighted by Crippen LogP contribution is 2.27. The summed E-state index contributed by atoms with van der Waals surface area (Å²) in [4.78, 5) is 4.19. The molecule has 0 fully saturated rings. The standard InChI is InChI=1S/C11H17ClN2OS/c1-8(5-11(2,15)7-13)16-10-4-3-9(12)6-14-10/h3-4,6,8,15H,5,7,13H2,1-2H3. The first-order chi connectivity index (χ1) is 7.43. The van der Waals surface area contributed by atoms with Gasteiger partial charge in [-0.1, -0.05) is 18.5 Å². The van der Waals surface area contributed by atoms with Crippen molar-refractivity contribution in [3.05, 3.63) is 23.4 Å². The second-order valence-corrected chi connectivity index (χ2v) is 6.04. The number of nitrogens with two attached hydrogens (primary N) is 1. The monoisotopic (exact) mass is 260 g/mol. The predicted molar refractivity (Wildman–Crippen MR) is 68.9 cm³/mol. The van der Waals surface area contributed by atoms with E-state index in [1.54, 1.807) is 24.9 Å². The van der Waals surface area contributed by atoms with Crippen LogP contribution in [0.5, 0.6) is 0 Å². The van der Waals surface area contributed by atoms with Crippen LogP contribution in [0.2, 0.25) is 5.02 Å². The van der Waals surface area contributed by atoms with E-state index < -0.39 is 5.60 Å². The van der Waals surface area contributed by atoms with Gasteiger partial charge >= 0.3 is 0 Å². The lowest BCUT2D eigenvalue weighted by atomic mass is 10.0. The van der Waals surface area contributed by atoms with Gasteiger partial charge in [-0.15, -0.1) is 11.8 Å². The molecule has 2 unspecified atom stereocenters. The number of aliphatic hydroxyl groups is 1. The molecule has 0 bridgehead atoms. The third kappa shape index (κ3) is 4.70. The Morgan fingerprint density at radius 1 is 1.62 bits per heavy atom. The van der Waals surface area contributed by atoms with E-state index >= 15 is 0 Å². The summed E-state index contributed by atoms with van der Waals surface area (Å²) in [6.07, 6.45) is 2.26. The minimum Gasteiger partial charge on any atom is -0.389 e. The fraction of sp³-hybridized carbons (Fsp3) is 0.545. The quantitative estimate of drug-likeness (QED) is 0.798. The Balaban J connectivity index is 2.51. The van der Waals surface area contributed by atoms with Gasteiger partial charge in [0.25, 0.3) is 0 Å². The zero-order valence-electron chi connectivity index (χ0n) is 9.48. The van der Waals surface area contributed by atoms with E-state index in [0.29, 0.717) is 11.4 Å². The van der Waals surface area contributed by atoms with E-state index in [-0.39, 0.29) is 11.8 Å². The van der Waals surface area contributed by atoms with Gasteiger partial charge in [-0.05, 0) is 25.5 Å².